The van der Waals surface area contributed by atoms with E-state index in [4.69, 9.17) is 0 Å². The summed E-state index contributed by atoms with van der Waals surface area (Å²) in [5.41, 5.74) is 1.01. The lowest BCUT2D eigenvalue weighted by Gasteiger charge is -2.27. The zero-order valence-electron chi connectivity index (χ0n) is 11.1. The molecule has 2 atom stereocenters. The fourth-order valence-electron chi connectivity index (χ4n) is 2.45. The normalized spacial score (nSPS) is 23.4. The first kappa shape index (κ1) is 13.8. The molecule has 1 aromatic carbocycles. The van der Waals surface area contributed by atoms with Crippen molar-refractivity contribution in [3.8, 4) is 0 Å². The number of nitrogens with one attached hydrogen (secondary N) is 1. The molecular weight excluding hydrogens is 238 g/mol. The molecular formula is C16H21NO2. The molecule has 2 unspecified atom stereocenters. The maximum Gasteiger partial charge on any atom is 0.244 e. The van der Waals surface area contributed by atoms with Gasteiger partial charge in [0, 0.05) is 18.5 Å². The van der Waals surface area contributed by atoms with Gasteiger partial charge in [-0.3, -0.25) is 4.79 Å². The highest BCUT2D eigenvalue weighted by atomic mass is 16.3. The minimum Gasteiger partial charge on any atom is -0.393 e. The summed E-state index contributed by atoms with van der Waals surface area (Å²) < 4.78 is 0. The van der Waals surface area contributed by atoms with Crippen molar-refractivity contribution in [2.45, 2.75) is 31.8 Å². The van der Waals surface area contributed by atoms with Crippen LogP contribution in [0.3, 0.4) is 0 Å². The van der Waals surface area contributed by atoms with Crippen LogP contribution in [0.1, 0.15) is 31.2 Å². The Morgan fingerprint density at radius 1 is 1.26 bits per heavy atom. The SMILES string of the molecule is O=C(C=Cc1ccccc1)NCC1CCCCC1O. The van der Waals surface area contributed by atoms with Gasteiger partial charge in [0.05, 0.1) is 6.10 Å². The van der Waals surface area contributed by atoms with E-state index in [1.54, 1.807) is 12.2 Å². The number of hydrogen-bond acceptors (Lipinski definition) is 2. The maximum absolute atomic E-state index is 11.7. The molecule has 0 bridgehead atoms. The van der Waals surface area contributed by atoms with Gasteiger partial charge >= 0.3 is 0 Å². The molecule has 1 fully saturated rings. The van der Waals surface area contributed by atoms with Crippen molar-refractivity contribution >= 4 is 12.0 Å². The molecule has 1 amide bonds. The van der Waals surface area contributed by atoms with E-state index in [1.165, 1.54) is 0 Å². The average Bonchev–Trinajstić information content (AvgIpc) is 2.45. The fraction of sp³-hybridized carbons (Fsp3) is 0.438. The van der Waals surface area contributed by atoms with Crippen LogP contribution in [-0.4, -0.2) is 23.7 Å². The van der Waals surface area contributed by atoms with Gasteiger partial charge in [0.25, 0.3) is 0 Å². The Hall–Kier alpha value is -1.61. The lowest BCUT2D eigenvalue weighted by molar-refractivity contribution is -0.116. The van der Waals surface area contributed by atoms with Gasteiger partial charge in [-0.05, 0) is 24.5 Å². The molecule has 3 nitrogen and oxygen atoms in total. The van der Waals surface area contributed by atoms with Crippen LogP contribution in [0.15, 0.2) is 36.4 Å². The molecule has 102 valence electrons. The van der Waals surface area contributed by atoms with E-state index in [2.05, 4.69) is 5.32 Å². The van der Waals surface area contributed by atoms with Crippen molar-refractivity contribution < 1.29 is 9.90 Å². The highest BCUT2D eigenvalue weighted by molar-refractivity contribution is 5.91. The monoisotopic (exact) mass is 259 g/mol. The lowest BCUT2D eigenvalue weighted by Crippen LogP contribution is -2.36. The number of rotatable bonds is 4. The highest BCUT2D eigenvalue weighted by Gasteiger charge is 2.22. The van der Waals surface area contributed by atoms with Gasteiger partial charge in [-0.15, -0.1) is 0 Å². The summed E-state index contributed by atoms with van der Waals surface area (Å²) in [6, 6.07) is 9.73. The van der Waals surface area contributed by atoms with Crippen LogP contribution in [0.25, 0.3) is 6.08 Å². The minimum absolute atomic E-state index is 0.0957. The number of aliphatic hydroxyl groups excluding tert-OH is 1. The number of aliphatic hydroxyl groups is 1. The topological polar surface area (TPSA) is 49.3 Å². The first-order chi connectivity index (χ1) is 9.25. The van der Waals surface area contributed by atoms with Gasteiger partial charge in [-0.25, -0.2) is 0 Å². The summed E-state index contributed by atoms with van der Waals surface area (Å²) in [6.45, 7) is 0.569. The van der Waals surface area contributed by atoms with E-state index in [9.17, 15) is 9.90 Å². The van der Waals surface area contributed by atoms with Gasteiger partial charge < -0.3 is 10.4 Å². The quantitative estimate of drug-likeness (QED) is 0.816. The van der Waals surface area contributed by atoms with E-state index < -0.39 is 0 Å². The second kappa shape index (κ2) is 7.10. The van der Waals surface area contributed by atoms with Crippen molar-refractivity contribution in [2.24, 2.45) is 5.92 Å². The Bertz CT molecular complexity index is 428. The van der Waals surface area contributed by atoms with Gasteiger partial charge in [0.2, 0.25) is 5.91 Å². The lowest BCUT2D eigenvalue weighted by atomic mass is 9.86. The second-order valence-corrected chi connectivity index (χ2v) is 5.10. The van der Waals surface area contributed by atoms with Crippen molar-refractivity contribution in [3.05, 3.63) is 42.0 Å². The summed E-state index contributed by atoms with van der Waals surface area (Å²) >= 11 is 0. The van der Waals surface area contributed by atoms with Crippen LogP contribution in [-0.2, 0) is 4.79 Å². The van der Waals surface area contributed by atoms with Crippen molar-refractivity contribution in [1.29, 1.82) is 0 Å². The van der Waals surface area contributed by atoms with E-state index >= 15 is 0 Å². The molecule has 0 spiro atoms. The Labute approximate surface area is 114 Å². The van der Waals surface area contributed by atoms with Gasteiger partial charge in [-0.1, -0.05) is 43.2 Å². The van der Waals surface area contributed by atoms with E-state index in [0.717, 1.165) is 31.2 Å². The van der Waals surface area contributed by atoms with Crippen LogP contribution in [0.4, 0.5) is 0 Å². The second-order valence-electron chi connectivity index (χ2n) is 5.10. The van der Waals surface area contributed by atoms with Gasteiger partial charge in [0.1, 0.15) is 0 Å². The Morgan fingerprint density at radius 2 is 2.00 bits per heavy atom. The molecule has 3 heteroatoms. The molecule has 0 radical (unpaired) electrons. The smallest absolute Gasteiger partial charge is 0.244 e. The summed E-state index contributed by atoms with van der Waals surface area (Å²) in [6.07, 6.45) is 7.20. The maximum atomic E-state index is 11.7. The predicted molar refractivity (Wildman–Crippen MR) is 76.5 cm³/mol. The minimum atomic E-state index is -0.257. The van der Waals surface area contributed by atoms with Gasteiger partial charge in [0.15, 0.2) is 0 Å². The largest absolute Gasteiger partial charge is 0.393 e. The van der Waals surface area contributed by atoms with Crippen LogP contribution in [0.2, 0.25) is 0 Å². The van der Waals surface area contributed by atoms with Crippen LogP contribution >= 0.6 is 0 Å². The summed E-state index contributed by atoms with van der Waals surface area (Å²) in [5.74, 6) is 0.115. The standard InChI is InChI=1S/C16H21NO2/c18-15-9-5-4-8-14(15)12-17-16(19)11-10-13-6-2-1-3-7-13/h1-3,6-7,10-11,14-15,18H,4-5,8-9,12H2,(H,17,19). The number of carbonyl (C=O) groups is 1. The van der Waals surface area contributed by atoms with E-state index in [0.29, 0.717) is 6.54 Å². The van der Waals surface area contributed by atoms with Crippen molar-refractivity contribution in [1.82, 2.24) is 5.32 Å². The summed E-state index contributed by atoms with van der Waals surface area (Å²) in [5, 5.41) is 12.7. The molecule has 1 aliphatic carbocycles. The third-order valence-electron chi connectivity index (χ3n) is 3.63. The molecule has 0 aromatic heterocycles. The average molecular weight is 259 g/mol. The summed E-state index contributed by atoms with van der Waals surface area (Å²) in [7, 11) is 0. The first-order valence-corrected chi connectivity index (χ1v) is 6.95. The Balaban J connectivity index is 1.77. The summed E-state index contributed by atoms with van der Waals surface area (Å²) in [4.78, 5) is 11.7. The predicted octanol–water partition coefficient (Wildman–Crippen LogP) is 2.37. The molecule has 0 aliphatic heterocycles. The number of amides is 1. The van der Waals surface area contributed by atoms with E-state index in [1.807, 2.05) is 30.3 Å². The molecule has 1 aliphatic rings. The third-order valence-corrected chi connectivity index (χ3v) is 3.63. The van der Waals surface area contributed by atoms with Crippen LogP contribution in [0, 0.1) is 5.92 Å². The molecule has 0 heterocycles. The zero-order chi connectivity index (χ0) is 13.5. The molecule has 2 N–H and O–H groups in total. The first-order valence-electron chi connectivity index (χ1n) is 6.95. The highest BCUT2D eigenvalue weighted by Crippen LogP contribution is 2.23. The fourth-order valence-corrected chi connectivity index (χ4v) is 2.45. The molecule has 2 rings (SSSR count). The Kier molecular flexibility index (Phi) is 5.16. The van der Waals surface area contributed by atoms with Gasteiger partial charge in [-0.2, -0.15) is 0 Å². The molecule has 1 saturated carbocycles. The van der Waals surface area contributed by atoms with Crippen molar-refractivity contribution in [3.63, 3.8) is 0 Å². The molecule has 0 saturated heterocycles. The van der Waals surface area contributed by atoms with Crippen LogP contribution < -0.4 is 5.32 Å². The van der Waals surface area contributed by atoms with E-state index in [-0.39, 0.29) is 17.9 Å². The zero-order valence-corrected chi connectivity index (χ0v) is 11.1. The molecule has 19 heavy (non-hydrogen) atoms. The third kappa shape index (κ3) is 4.52. The molecule has 1 aromatic rings. The number of hydrogen-bond donors (Lipinski definition) is 2. The number of carbonyl (C=O) groups excluding carboxylic acids is 1. The Morgan fingerprint density at radius 3 is 2.74 bits per heavy atom. The number of benzene rings is 1. The van der Waals surface area contributed by atoms with Crippen LogP contribution in [0.5, 0.6) is 0 Å². The van der Waals surface area contributed by atoms with Crippen molar-refractivity contribution in [2.75, 3.05) is 6.54 Å².